The molecule has 0 aromatic heterocycles. The van der Waals surface area contributed by atoms with Gasteiger partial charge < -0.3 is 64.2 Å². The minimum Gasteiger partial charge on any atom is -0.457 e. The summed E-state index contributed by atoms with van der Waals surface area (Å²) in [4.78, 5) is 13.1. The van der Waals surface area contributed by atoms with Gasteiger partial charge in [-0.3, -0.25) is 4.79 Å². The van der Waals surface area contributed by atoms with Crippen molar-refractivity contribution >= 4 is 5.97 Å². The molecule has 0 spiro atoms. The van der Waals surface area contributed by atoms with Crippen molar-refractivity contribution in [3.05, 3.63) is 12.2 Å². The Morgan fingerprint density at radius 1 is 0.410 bits per heavy atom. The highest BCUT2D eigenvalue weighted by atomic mass is 16.7. The number of hydrogen-bond donors (Lipinski definition) is 7. The summed E-state index contributed by atoms with van der Waals surface area (Å²) in [6.45, 7) is 3.76. The van der Waals surface area contributed by atoms with Crippen LogP contribution in [-0.2, 0) is 33.2 Å². The van der Waals surface area contributed by atoms with Crippen LogP contribution in [0.5, 0.6) is 0 Å². The molecule has 2 rings (SSSR count). The molecular formula is C64H122O14. The Morgan fingerprint density at radius 3 is 1.17 bits per heavy atom. The third kappa shape index (κ3) is 37.0. The summed E-state index contributed by atoms with van der Waals surface area (Å²) >= 11 is 0. The molecule has 14 nitrogen and oxygen atoms in total. The van der Waals surface area contributed by atoms with E-state index in [1.807, 2.05) is 0 Å². The van der Waals surface area contributed by atoms with Gasteiger partial charge in [0.1, 0.15) is 54.9 Å². The Bertz CT molecular complexity index is 1340. The van der Waals surface area contributed by atoms with E-state index < -0.39 is 80.7 Å². The first-order valence-corrected chi connectivity index (χ1v) is 32.8. The average molecular weight is 1120 g/mol. The number of esters is 1. The van der Waals surface area contributed by atoms with Gasteiger partial charge in [0.25, 0.3) is 0 Å². The lowest BCUT2D eigenvalue weighted by Crippen LogP contribution is -2.61. The fraction of sp³-hybridized carbons (Fsp3) is 0.953. The number of unbranched alkanes of at least 4 members (excludes halogenated alkanes) is 39. The van der Waals surface area contributed by atoms with Crippen LogP contribution in [0.25, 0.3) is 0 Å². The maximum absolute atomic E-state index is 13.1. The highest BCUT2D eigenvalue weighted by Crippen LogP contribution is 2.27. The summed E-state index contributed by atoms with van der Waals surface area (Å²) in [6.07, 6.45) is 42.9. The number of rotatable bonds is 55. The van der Waals surface area contributed by atoms with E-state index in [2.05, 4.69) is 26.0 Å². The molecule has 0 saturated carbocycles. The van der Waals surface area contributed by atoms with Gasteiger partial charge in [0.2, 0.25) is 0 Å². The highest BCUT2D eigenvalue weighted by Gasteiger charge is 2.47. The summed E-state index contributed by atoms with van der Waals surface area (Å²) in [7, 11) is 0. The molecule has 2 aliphatic rings. The maximum Gasteiger partial charge on any atom is 0.306 e. The van der Waals surface area contributed by atoms with Crippen LogP contribution in [0.3, 0.4) is 0 Å². The number of aliphatic hydroxyl groups is 7. The Balaban J connectivity index is 1.64. The number of allylic oxidation sites excluding steroid dienone is 2. The van der Waals surface area contributed by atoms with Gasteiger partial charge in [0.05, 0.1) is 26.4 Å². The summed E-state index contributed by atoms with van der Waals surface area (Å²) in [6, 6.07) is 0. The lowest BCUT2D eigenvalue weighted by Gasteiger charge is -2.42. The molecule has 0 aliphatic carbocycles. The maximum atomic E-state index is 13.1. The minimum absolute atomic E-state index is 0.0666. The number of carbonyl (C=O) groups excluding carboxylic acids is 1. The second kappa shape index (κ2) is 51.4. The molecule has 14 heteroatoms. The van der Waals surface area contributed by atoms with Crippen LogP contribution >= 0.6 is 0 Å². The van der Waals surface area contributed by atoms with Crippen molar-refractivity contribution < 1.29 is 69.0 Å². The summed E-state index contributed by atoms with van der Waals surface area (Å²) < 4.78 is 34.5. The van der Waals surface area contributed by atoms with Crippen molar-refractivity contribution in [1.29, 1.82) is 0 Å². The van der Waals surface area contributed by atoms with Gasteiger partial charge >= 0.3 is 5.97 Å². The van der Waals surface area contributed by atoms with Crippen molar-refractivity contribution in [2.45, 2.75) is 357 Å². The van der Waals surface area contributed by atoms with E-state index in [0.717, 1.165) is 44.9 Å². The van der Waals surface area contributed by atoms with E-state index in [1.165, 1.54) is 218 Å². The molecule has 11 atom stereocenters. The van der Waals surface area contributed by atoms with E-state index >= 15 is 0 Å². The summed E-state index contributed by atoms with van der Waals surface area (Å²) in [5, 5.41) is 72.5. The van der Waals surface area contributed by atoms with E-state index in [1.54, 1.807) is 0 Å². The van der Waals surface area contributed by atoms with Crippen LogP contribution in [0, 0.1) is 0 Å². The molecule has 0 aromatic rings. The van der Waals surface area contributed by atoms with Crippen molar-refractivity contribution in [3.63, 3.8) is 0 Å². The van der Waals surface area contributed by atoms with E-state index in [4.69, 9.17) is 28.4 Å². The first kappa shape index (κ1) is 72.8. The van der Waals surface area contributed by atoms with Crippen LogP contribution in [0.15, 0.2) is 12.2 Å². The molecule has 2 saturated heterocycles. The molecule has 2 aliphatic heterocycles. The molecular weight excluding hydrogens is 993 g/mol. The minimum atomic E-state index is -1.70. The first-order chi connectivity index (χ1) is 38.1. The van der Waals surface area contributed by atoms with Crippen LogP contribution in [-0.4, -0.2) is 142 Å². The fourth-order valence-electron chi connectivity index (χ4n) is 10.8. The van der Waals surface area contributed by atoms with E-state index in [-0.39, 0.29) is 25.6 Å². The Labute approximate surface area is 475 Å². The van der Waals surface area contributed by atoms with Crippen molar-refractivity contribution in [2.24, 2.45) is 0 Å². The molecule has 2 heterocycles. The molecule has 0 radical (unpaired) electrons. The first-order valence-electron chi connectivity index (χ1n) is 32.8. The zero-order chi connectivity index (χ0) is 56.5. The van der Waals surface area contributed by atoms with E-state index in [9.17, 15) is 40.5 Å². The van der Waals surface area contributed by atoms with Crippen molar-refractivity contribution in [3.8, 4) is 0 Å². The lowest BCUT2D eigenvalue weighted by atomic mass is 9.98. The number of ether oxygens (including phenoxy) is 6. The van der Waals surface area contributed by atoms with Gasteiger partial charge in [-0.1, -0.05) is 257 Å². The van der Waals surface area contributed by atoms with Gasteiger partial charge in [-0.15, -0.1) is 0 Å². The smallest absolute Gasteiger partial charge is 0.306 e. The summed E-state index contributed by atoms with van der Waals surface area (Å²) in [5.74, 6) is -0.373. The SMILES string of the molecule is CCCCCCCCC/C=C\CCCCCCCCCC(=O)OC(COCCCCCCCCCCCCCCCCCCCCCCCCCCCC)COC1OC(COC2OC(CO)C(O)C(O)C2O)C(O)C(O)C1O. The predicted octanol–water partition coefficient (Wildman–Crippen LogP) is 12.9. The van der Waals surface area contributed by atoms with Crippen LogP contribution in [0.2, 0.25) is 0 Å². The number of hydrogen-bond acceptors (Lipinski definition) is 14. The van der Waals surface area contributed by atoms with Gasteiger partial charge in [-0.05, 0) is 38.5 Å². The molecule has 78 heavy (non-hydrogen) atoms. The third-order valence-corrected chi connectivity index (χ3v) is 16.0. The van der Waals surface area contributed by atoms with Gasteiger partial charge in [-0.25, -0.2) is 0 Å². The quantitative estimate of drug-likeness (QED) is 0.0172. The fourth-order valence-corrected chi connectivity index (χ4v) is 10.8. The molecule has 2 fully saturated rings. The van der Waals surface area contributed by atoms with Crippen LogP contribution in [0.4, 0.5) is 0 Å². The molecule has 0 bridgehead atoms. The van der Waals surface area contributed by atoms with Gasteiger partial charge in [0, 0.05) is 13.0 Å². The monoisotopic (exact) mass is 1110 g/mol. The zero-order valence-corrected chi connectivity index (χ0v) is 49.9. The molecule has 7 N–H and O–H groups in total. The molecule has 0 aromatic carbocycles. The lowest BCUT2D eigenvalue weighted by molar-refractivity contribution is -0.332. The second-order valence-electron chi connectivity index (χ2n) is 23.3. The highest BCUT2D eigenvalue weighted by molar-refractivity contribution is 5.69. The van der Waals surface area contributed by atoms with Crippen LogP contribution < -0.4 is 0 Å². The van der Waals surface area contributed by atoms with Gasteiger partial charge in [0.15, 0.2) is 12.6 Å². The average Bonchev–Trinajstić information content (AvgIpc) is 3.45. The normalized spacial score (nSPS) is 24.1. The summed E-state index contributed by atoms with van der Waals surface area (Å²) in [5.41, 5.74) is 0. The standard InChI is InChI=1S/C64H122O14/c1-3-5-7-9-11-13-15-17-19-21-23-24-25-26-27-28-29-30-32-34-36-38-40-42-44-46-48-73-50-53(76-56(66)47-45-43-41-39-37-35-33-31-22-20-18-16-14-12-10-8-6-4-2)51-74-63-62(72)60(70)58(68)55(78-63)52-75-64-61(71)59(69)57(67)54(49-65)77-64/h20,22,53-55,57-65,67-72H,3-19,21,23-52H2,1-2H3/b22-20-. The number of aliphatic hydroxyl groups excluding tert-OH is 7. The predicted molar refractivity (Wildman–Crippen MR) is 312 cm³/mol. The molecule has 462 valence electrons. The Morgan fingerprint density at radius 2 is 0.756 bits per heavy atom. The van der Waals surface area contributed by atoms with Crippen molar-refractivity contribution in [1.82, 2.24) is 0 Å². The Kier molecular flexibility index (Phi) is 48.0. The van der Waals surface area contributed by atoms with Gasteiger partial charge in [-0.2, -0.15) is 0 Å². The second-order valence-corrected chi connectivity index (χ2v) is 23.3. The molecule has 0 amide bonds. The Hall–Kier alpha value is -1.27. The third-order valence-electron chi connectivity index (χ3n) is 16.0. The topological polar surface area (TPSA) is 214 Å². The van der Waals surface area contributed by atoms with E-state index in [0.29, 0.717) is 13.0 Å². The zero-order valence-electron chi connectivity index (χ0n) is 49.9. The van der Waals surface area contributed by atoms with Crippen LogP contribution in [0.1, 0.15) is 290 Å². The molecule has 11 unspecified atom stereocenters. The van der Waals surface area contributed by atoms with Crippen molar-refractivity contribution in [2.75, 3.05) is 33.0 Å². The number of carbonyl (C=O) groups is 1. The largest absolute Gasteiger partial charge is 0.457 e.